The molecule has 0 spiro atoms. The summed E-state index contributed by atoms with van der Waals surface area (Å²) in [5, 5.41) is 13.8. The first-order chi connectivity index (χ1) is 12.9. The van der Waals surface area contributed by atoms with E-state index >= 15 is 0 Å². The molecular formula is C20H22FN3O2S. The van der Waals surface area contributed by atoms with E-state index in [0.29, 0.717) is 50.3 Å². The van der Waals surface area contributed by atoms with E-state index in [1.165, 1.54) is 35.6 Å². The zero-order valence-corrected chi connectivity index (χ0v) is 16.0. The van der Waals surface area contributed by atoms with Crippen LogP contribution in [-0.2, 0) is 12.1 Å². The second kappa shape index (κ2) is 8.17. The molecule has 1 aliphatic heterocycles. The molecule has 1 amide bonds. The molecule has 5 nitrogen and oxygen atoms in total. The number of rotatable bonds is 5. The van der Waals surface area contributed by atoms with Gasteiger partial charge >= 0.3 is 0 Å². The predicted molar refractivity (Wildman–Crippen MR) is 103 cm³/mol. The van der Waals surface area contributed by atoms with Crippen LogP contribution in [0.5, 0.6) is 0 Å². The largest absolute Gasteiger partial charge is 0.383 e. The monoisotopic (exact) mass is 387 g/mol. The number of aliphatic hydroxyl groups is 1. The topological polar surface area (TPSA) is 56.7 Å². The van der Waals surface area contributed by atoms with Crippen LogP contribution in [0.4, 0.5) is 4.39 Å². The van der Waals surface area contributed by atoms with Crippen molar-refractivity contribution in [1.29, 1.82) is 0 Å². The number of piperidine rings is 1. The summed E-state index contributed by atoms with van der Waals surface area (Å²) in [6.45, 7) is 2.03. The maximum atomic E-state index is 13.0. The van der Waals surface area contributed by atoms with E-state index in [1.54, 1.807) is 4.90 Å². The van der Waals surface area contributed by atoms with E-state index in [9.17, 15) is 14.3 Å². The van der Waals surface area contributed by atoms with Crippen LogP contribution in [-0.4, -0.2) is 52.5 Å². The molecule has 0 radical (unpaired) electrons. The van der Waals surface area contributed by atoms with Crippen LogP contribution in [0.2, 0.25) is 0 Å². The van der Waals surface area contributed by atoms with E-state index in [-0.39, 0.29) is 11.7 Å². The molecule has 2 heterocycles. The molecule has 0 unspecified atom stereocenters. The van der Waals surface area contributed by atoms with Crippen LogP contribution in [0, 0.1) is 18.2 Å². The third-order valence-electron chi connectivity index (χ3n) is 4.76. The van der Waals surface area contributed by atoms with Gasteiger partial charge in [0.05, 0.1) is 18.8 Å². The van der Waals surface area contributed by atoms with Crippen LogP contribution in [0.3, 0.4) is 0 Å². The van der Waals surface area contributed by atoms with Crippen LogP contribution in [0.25, 0.3) is 0 Å². The molecule has 1 aromatic carbocycles. The Kier molecular flexibility index (Phi) is 5.90. The lowest BCUT2D eigenvalue weighted by molar-refractivity contribution is -0.0241. The zero-order valence-electron chi connectivity index (χ0n) is 15.2. The van der Waals surface area contributed by atoms with Gasteiger partial charge in [-0.25, -0.2) is 9.37 Å². The minimum atomic E-state index is -1.03. The number of aromatic nitrogens is 1. The minimum absolute atomic E-state index is 0.146. The maximum Gasteiger partial charge on any atom is 0.253 e. The Balaban J connectivity index is 1.62. The van der Waals surface area contributed by atoms with E-state index in [1.807, 2.05) is 17.3 Å². The standard InChI is InChI=1S/C20H22FN3O2S/c1-3-10-23(2)13-18-22-17(14-27-18)20(26)8-11-24(12-9-20)19(25)15-4-6-16(21)7-5-15/h1,4-7,14,26H,8-13H2,2H3. The quantitative estimate of drug-likeness (QED) is 0.801. The number of halogens is 1. The SMILES string of the molecule is C#CCN(C)Cc1nc(C2(O)CCN(C(=O)c3ccc(F)cc3)CC2)cs1. The number of hydrogen-bond donors (Lipinski definition) is 1. The van der Waals surface area contributed by atoms with Crippen molar-refractivity contribution in [3.8, 4) is 12.3 Å². The fraction of sp³-hybridized carbons (Fsp3) is 0.400. The number of carbonyl (C=O) groups excluding carboxylic acids is 1. The normalized spacial score (nSPS) is 16.3. The Morgan fingerprint density at radius 3 is 2.70 bits per heavy atom. The van der Waals surface area contributed by atoms with Gasteiger partial charge in [0, 0.05) is 24.0 Å². The summed E-state index contributed by atoms with van der Waals surface area (Å²) < 4.78 is 13.0. The molecular weight excluding hydrogens is 365 g/mol. The van der Waals surface area contributed by atoms with Crippen molar-refractivity contribution in [1.82, 2.24) is 14.8 Å². The number of hydrogen-bond acceptors (Lipinski definition) is 5. The van der Waals surface area contributed by atoms with Gasteiger partial charge in [-0.3, -0.25) is 9.69 Å². The van der Waals surface area contributed by atoms with Crippen LogP contribution >= 0.6 is 11.3 Å². The molecule has 0 saturated carbocycles. The molecule has 3 rings (SSSR count). The summed E-state index contributed by atoms with van der Waals surface area (Å²) in [5.41, 5.74) is 0.0822. The molecule has 2 aromatic rings. The van der Waals surface area contributed by atoms with Crippen molar-refractivity contribution in [3.05, 3.63) is 51.7 Å². The molecule has 1 aromatic heterocycles. The number of carbonyl (C=O) groups is 1. The first-order valence-electron chi connectivity index (χ1n) is 8.75. The first kappa shape index (κ1) is 19.5. The van der Waals surface area contributed by atoms with Gasteiger partial charge < -0.3 is 10.0 Å². The fourth-order valence-electron chi connectivity index (χ4n) is 3.15. The van der Waals surface area contributed by atoms with Gasteiger partial charge in [-0.05, 0) is 44.2 Å². The van der Waals surface area contributed by atoms with Crippen molar-refractivity contribution in [2.24, 2.45) is 0 Å². The van der Waals surface area contributed by atoms with Gasteiger partial charge in [0.1, 0.15) is 16.4 Å². The average molecular weight is 387 g/mol. The highest BCUT2D eigenvalue weighted by atomic mass is 32.1. The molecule has 0 atom stereocenters. The third-order valence-corrected chi connectivity index (χ3v) is 5.60. The molecule has 1 aliphatic rings. The molecule has 1 N–H and O–H groups in total. The van der Waals surface area contributed by atoms with E-state index < -0.39 is 5.60 Å². The van der Waals surface area contributed by atoms with Gasteiger partial charge in [0.25, 0.3) is 5.91 Å². The lowest BCUT2D eigenvalue weighted by Crippen LogP contribution is -2.45. The molecule has 27 heavy (non-hydrogen) atoms. The highest BCUT2D eigenvalue weighted by molar-refractivity contribution is 7.09. The fourth-order valence-corrected chi connectivity index (χ4v) is 4.12. The first-order valence-corrected chi connectivity index (χ1v) is 9.63. The molecule has 1 fully saturated rings. The Morgan fingerprint density at radius 2 is 2.07 bits per heavy atom. The summed E-state index contributed by atoms with van der Waals surface area (Å²) in [5.74, 6) is 2.08. The molecule has 0 bridgehead atoms. The smallest absolute Gasteiger partial charge is 0.253 e. The highest BCUT2D eigenvalue weighted by Crippen LogP contribution is 2.34. The van der Waals surface area contributed by atoms with E-state index in [0.717, 1.165) is 5.01 Å². The highest BCUT2D eigenvalue weighted by Gasteiger charge is 2.37. The van der Waals surface area contributed by atoms with Gasteiger partial charge in [-0.2, -0.15) is 0 Å². The van der Waals surface area contributed by atoms with Crippen molar-refractivity contribution >= 4 is 17.2 Å². The van der Waals surface area contributed by atoms with E-state index in [2.05, 4.69) is 10.9 Å². The number of benzene rings is 1. The summed E-state index contributed by atoms with van der Waals surface area (Å²) in [4.78, 5) is 20.8. The zero-order chi connectivity index (χ0) is 19.4. The van der Waals surface area contributed by atoms with Gasteiger partial charge in [0.15, 0.2) is 0 Å². The number of likely N-dealkylation sites (tertiary alicyclic amines) is 1. The molecule has 7 heteroatoms. The lowest BCUT2D eigenvalue weighted by atomic mass is 9.88. The van der Waals surface area contributed by atoms with Crippen molar-refractivity contribution in [3.63, 3.8) is 0 Å². The van der Waals surface area contributed by atoms with Crippen LogP contribution < -0.4 is 0 Å². The number of amides is 1. The minimum Gasteiger partial charge on any atom is -0.383 e. The second-order valence-electron chi connectivity index (χ2n) is 6.83. The number of nitrogens with zero attached hydrogens (tertiary/aromatic N) is 3. The third kappa shape index (κ3) is 4.53. The number of terminal acetylenes is 1. The Labute approximate surface area is 162 Å². The summed E-state index contributed by atoms with van der Waals surface area (Å²) >= 11 is 1.50. The summed E-state index contributed by atoms with van der Waals surface area (Å²) in [7, 11) is 1.93. The summed E-state index contributed by atoms with van der Waals surface area (Å²) in [6, 6.07) is 5.53. The Hall–Kier alpha value is -2.27. The van der Waals surface area contributed by atoms with Crippen molar-refractivity contribution in [2.45, 2.75) is 25.0 Å². The number of thiazole rings is 1. The summed E-state index contributed by atoms with van der Waals surface area (Å²) in [6.07, 6.45) is 6.15. The second-order valence-corrected chi connectivity index (χ2v) is 7.78. The molecule has 0 aliphatic carbocycles. The van der Waals surface area contributed by atoms with Gasteiger partial charge in [-0.15, -0.1) is 17.8 Å². The maximum absolute atomic E-state index is 13.0. The van der Waals surface area contributed by atoms with Crippen LogP contribution in [0.15, 0.2) is 29.6 Å². The molecule has 1 saturated heterocycles. The van der Waals surface area contributed by atoms with Gasteiger partial charge in [0.2, 0.25) is 0 Å². The average Bonchev–Trinajstić information content (AvgIpc) is 3.12. The van der Waals surface area contributed by atoms with Crippen LogP contribution in [0.1, 0.15) is 33.9 Å². The van der Waals surface area contributed by atoms with Crippen molar-refractivity contribution in [2.75, 3.05) is 26.7 Å². The lowest BCUT2D eigenvalue weighted by Gasteiger charge is -2.37. The Bertz CT molecular complexity index is 836. The Morgan fingerprint density at radius 1 is 1.41 bits per heavy atom. The predicted octanol–water partition coefficient (Wildman–Crippen LogP) is 2.47. The van der Waals surface area contributed by atoms with E-state index in [4.69, 9.17) is 6.42 Å². The van der Waals surface area contributed by atoms with Crippen molar-refractivity contribution < 1.29 is 14.3 Å². The van der Waals surface area contributed by atoms with Gasteiger partial charge in [-0.1, -0.05) is 5.92 Å². The molecule has 142 valence electrons.